The molecule has 3 atom stereocenters. The maximum absolute atomic E-state index is 6.16. The first-order valence-electron chi connectivity index (χ1n) is 7.19. The van der Waals surface area contributed by atoms with Gasteiger partial charge in [-0.15, -0.1) is 0 Å². The van der Waals surface area contributed by atoms with E-state index in [-0.39, 0.29) is 6.04 Å². The number of aromatic nitrogens is 5. The van der Waals surface area contributed by atoms with Crippen LogP contribution in [-0.4, -0.2) is 31.0 Å². The van der Waals surface area contributed by atoms with Crippen molar-refractivity contribution in [1.29, 1.82) is 0 Å². The van der Waals surface area contributed by atoms with E-state index >= 15 is 0 Å². The number of nitrogens with zero attached hydrogens (tertiary/aromatic N) is 4. The summed E-state index contributed by atoms with van der Waals surface area (Å²) in [6.07, 6.45) is 6.81. The van der Waals surface area contributed by atoms with Gasteiger partial charge in [0, 0.05) is 17.6 Å². The molecule has 3 N–H and O–H groups in total. The zero-order valence-corrected chi connectivity index (χ0v) is 11.5. The summed E-state index contributed by atoms with van der Waals surface area (Å²) >= 11 is 0. The Hall–Kier alpha value is -1.95. The summed E-state index contributed by atoms with van der Waals surface area (Å²) in [5.41, 5.74) is 8.93. The van der Waals surface area contributed by atoms with E-state index in [1.165, 1.54) is 0 Å². The Morgan fingerprint density at radius 3 is 3.15 bits per heavy atom. The van der Waals surface area contributed by atoms with E-state index in [0.717, 1.165) is 41.3 Å². The van der Waals surface area contributed by atoms with E-state index < -0.39 is 0 Å². The lowest BCUT2D eigenvalue weighted by Crippen LogP contribution is -2.17. The molecule has 3 aromatic rings. The lowest BCUT2D eigenvalue weighted by atomic mass is 10.0. The molecule has 1 aliphatic carbocycles. The van der Waals surface area contributed by atoms with Crippen LogP contribution in [0.1, 0.15) is 32.2 Å². The van der Waals surface area contributed by atoms with Crippen LogP contribution in [0.2, 0.25) is 0 Å². The number of aromatic amines is 1. The van der Waals surface area contributed by atoms with Crippen molar-refractivity contribution in [3.05, 3.63) is 18.5 Å². The standard InChI is InChI=1S/C14H18N6/c1-2-8-5-9(15)6-12(8)20-13-10-3-4-16-14(10)17-7-11(13)18-19-20/h3-4,7-9,12,19H,2,5-6,15H2,1H3/t8-,9+,12+/m1/s1. The average Bonchev–Trinajstić information content (AvgIpc) is 3.13. The van der Waals surface area contributed by atoms with Crippen molar-refractivity contribution in [2.75, 3.05) is 0 Å². The van der Waals surface area contributed by atoms with Crippen molar-refractivity contribution in [1.82, 2.24) is 25.0 Å². The Morgan fingerprint density at radius 1 is 1.40 bits per heavy atom. The maximum atomic E-state index is 6.16. The van der Waals surface area contributed by atoms with E-state index in [2.05, 4.69) is 31.9 Å². The molecule has 3 heterocycles. The molecular weight excluding hydrogens is 252 g/mol. The molecule has 0 aliphatic heterocycles. The van der Waals surface area contributed by atoms with Gasteiger partial charge in [0.1, 0.15) is 5.52 Å². The number of hydrogen-bond acceptors (Lipinski definition) is 4. The minimum Gasteiger partial charge on any atom is -0.328 e. The van der Waals surface area contributed by atoms with Gasteiger partial charge in [-0.2, -0.15) is 5.10 Å². The molecule has 0 spiro atoms. The highest BCUT2D eigenvalue weighted by Gasteiger charge is 2.33. The normalized spacial score (nSPS) is 26.8. The van der Waals surface area contributed by atoms with Gasteiger partial charge in [-0.25, -0.2) is 15.2 Å². The molecule has 1 fully saturated rings. The fourth-order valence-electron chi connectivity index (χ4n) is 3.57. The lowest BCUT2D eigenvalue weighted by molar-refractivity contribution is 0.346. The van der Waals surface area contributed by atoms with Crippen LogP contribution in [0.25, 0.3) is 22.1 Å². The molecule has 20 heavy (non-hydrogen) atoms. The second-order valence-electron chi connectivity index (χ2n) is 5.72. The first-order chi connectivity index (χ1) is 9.78. The second-order valence-corrected chi connectivity index (χ2v) is 5.72. The quantitative estimate of drug-likeness (QED) is 0.745. The van der Waals surface area contributed by atoms with Gasteiger partial charge in [0.15, 0.2) is 5.65 Å². The number of rotatable bonds is 2. The van der Waals surface area contributed by atoms with Gasteiger partial charge in [0.25, 0.3) is 0 Å². The largest absolute Gasteiger partial charge is 0.328 e. The van der Waals surface area contributed by atoms with Crippen LogP contribution in [0.15, 0.2) is 18.5 Å². The monoisotopic (exact) mass is 270 g/mol. The van der Waals surface area contributed by atoms with E-state index in [0.29, 0.717) is 12.0 Å². The molecule has 3 aromatic heterocycles. The van der Waals surface area contributed by atoms with Crippen LogP contribution in [0.5, 0.6) is 0 Å². The molecule has 1 aliphatic rings. The van der Waals surface area contributed by atoms with Crippen LogP contribution in [0, 0.1) is 5.92 Å². The van der Waals surface area contributed by atoms with Crippen LogP contribution >= 0.6 is 0 Å². The molecule has 4 rings (SSSR count). The molecule has 0 unspecified atom stereocenters. The van der Waals surface area contributed by atoms with Crippen molar-refractivity contribution in [3.63, 3.8) is 0 Å². The minimum absolute atomic E-state index is 0.283. The highest BCUT2D eigenvalue weighted by molar-refractivity contribution is 6.00. The Labute approximate surface area is 116 Å². The van der Waals surface area contributed by atoms with Gasteiger partial charge in [-0.3, -0.25) is 4.68 Å². The number of pyridine rings is 1. The Balaban J connectivity index is 1.93. The van der Waals surface area contributed by atoms with E-state index in [1.807, 2.05) is 6.07 Å². The summed E-state index contributed by atoms with van der Waals surface area (Å²) in [5.74, 6) is 0.602. The van der Waals surface area contributed by atoms with Crippen LogP contribution in [-0.2, 0) is 0 Å². The Bertz CT molecular complexity index is 757. The topological polar surface area (TPSA) is 85.4 Å². The first-order valence-corrected chi connectivity index (χ1v) is 7.19. The van der Waals surface area contributed by atoms with Crippen molar-refractivity contribution in [2.45, 2.75) is 38.3 Å². The summed E-state index contributed by atoms with van der Waals surface area (Å²) in [6, 6.07) is 2.68. The van der Waals surface area contributed by atoms with Gasteiger partial charge in [-0.1, -0.05) is 13.3 Å². The third kappa shape index (κ3) is 1.57. The number of nitrogens with two attached hydrogens (primary N) is 1. The SMILES string of the molecule is CC[C@@H]1C[C@H](N)C[C@@H]1n1[nH]nc2cnc3nccc3c21. The van der Waals surface area contributed by atoms with Gasteiger partial charge >= 0.3 is 0 Å². The average molecular weight is 270 g/mol. The summed E-state index contributed by atoms with van der Waals surface area (Å²) in [6.45, 7) is 2.23. The van der Waals surface area contributed by atoms with Crippen molar-refractivity contribution in [2.24, 2.45) is 11.7 Å². The predicted octanol–water partition coefficient (Wildman–Crippen LogP) is 2.00. The van der Waals surface area contributed by atoms with Gasteiger partial charge in [0.05, 0.1) is 17.8 Å². The number of hydrogen-bond donors (Lipinski definition) is 2. The first kappa shape index (κ1) is 11.8. The summed E-state index contributed by atoms with van der Waals surface area (Å²) in [7, 11) is 0. The Morgan fingerprint density at radius 2 is 2.30 bits per heavy atom. The second kappa shape index (κ2) is 4.28. The molecule has 6 heteroatoms. The van der Waals surface area contributed by atoms with Crippen molar-refractivity contribution < 1.29 is 0 Å². The summed E-state index contributed by atoms with van der Waals surface area (Å²) in [5, 5.41) is 8.62. The molecule has 0 amide bonds. The zero-order chi connectivity index (χ0) is 13.7. The number of H-pyrrole nitrogens is 1. The van der Waals surface area contributed by atoms with Gasteiger partial charge in [-0.05, 0) is 24.8 Å². The molecule has 1 saturated carbocycles. The molecule has 104 valence electrons. The van der Waals surface area contributed by atoms with E-state index in [9.17, 15) is 0 Å². The van der Waals surface area contributed by atoms with E-state index in [4.69, 9.17) is 5.73 Å². The van der Waals surface area contributed by atoms with Gasteiger partial charge < -0.3 is 5.73 Å². The summed E-state index contributed by atoms with van der Waals surface area (Å²) < 4.78 is 2.18. The van der Waals surface area contributed by atoms with Crippen molar-refractivity contribution in [3.8, 4) is 0 Å². The Kier molecular flexibility index (Phi) is 2.53. The molecule has 0 bridgehead atoms. The molecular formula is C14H18N6. The molecule has 0 radical (unpaired) electrons. The van der Waals surface area contributed by atoms with Crippen LogP contribution in [0.4, 0.5) is 0 Å². The molecule has 0 saturated heterocycles. The highest BCUT2D eigenvalue weighted by atomic mass is 15.4. The predicted molar refractivity (Wildman–Crippen MR) is 77.2 cm³/mol. The maximum Gasteiger partial charge on any atom is 0.161 e. The molecule has 6 nitrogen and oxygen atoms in total. The minimum atomic E-state index is 0.283. The fourth-order valence-corrected chi connectivity index (χ4v) is 3.57. The fraction of sp³-hybridized carbons (Fsp3) is 0.500. The van der Waals surface area contributed by atoms with Crippen LogP contribution < -0.4 is 5.73 Å². The van der Waals surface area contributed by atoms with E-state index in [1.54, 1.807) is 12.4 Å². The smallest absolute Gasteiger partial charge is 0.161 e. The summed E-state index contributed by atoms with van der Waals surface area (Å²) in [4.78, 5) is 8.61. The van der Waals surface area contributed by atoms with Crippen molar-refractivity contribution >= 4 is 22.1 Å². The van der Waals surface area contributed by atoms with Gasteiger partial charge in [0.2, 0.25) is 0 Å². The third-order valence-corrected chi connectivity index (χ3v) is 4.55. The molecule has 0 aromatic carbocycles. The number of nitrogens with one attached hydrogen (secondary N) is 1. The number of fused-ring (bicyclic) bond motifs is 3. The lowest BCUT2D eigenvalue weighted by Gasteiger charge is -2.19. The highest BCUT2D eigenvalue weighted by Crippen LogP contribution is 2.38. The van der Waals surface area contributed by atoms with Crippen LogP contribution in [0.3, 0.4) is 0 Å². The zero-order valence-electron chi connectivity index (χ0n) is 11.5. The third-order valence-electron chi connectivity index (χ3n) is 4.55.